The Morgan fingerprint density at radius 3 is 2.62 bits per heavy atom. The maximum atomic E-state index is 12.6. The molecule has 1 N–H and O–H groups in total. The zero-order valence-corrected chi connectivity index (χ0v) is 15.7. The van der Waals surface area contributed by atoms with E-state index in [2.05, 4.69) is 15.3 Å². The van der Waals surface area contributed by atoms with E-state index in [0.29, 0.717) is 16.7 Å². The van der Waals surface area contributed by atoms with Crippen LogP contribution in [0.4, 0.5) is 5.95 Å². The first kappa shape index (κ1) is 18.1. The molecule has 0 radical (unpaired) electrons. The number of rotatable bonds is 5. The summed E-state index contributed by atoms with van der Waals surface area (Å²) in [6.07, 6.45) is 3.48. The number of pyridine rings is 1. The van der Waals surface area contributed by atoms with Crippen LogP contribution >= 0.6 is 11.6 Å². The van der Waals surface area contributed by atoms with Crippen LogP contribution in [0.1, 0.15) is 32.4 Å². The number of nitrogens with one attached hydrogen (secondary N) is 1. The second-order valence-electron chi connectivity index (χ2n) is 6.46. The largest absolute Gasteiger partial charge is 0.352 e. The van der Waals surface area contributed by atoms with Crippen molar-refractivity contribution < 1.29 is 0 Å². The van der Waals surface area contributed by atoms with Crippen molar-refractivity contribution in [2.24, 2.45) is 0 Å². The zero-order valence-electron chi connectivity index (χ0n) is 15.0. The van der Waals surface area contributed by atoms with Crippen molar-refractivity contribution in [3.05, 3.63) is 75.8 Å². The van der Waals surface area contributed by atoms with Crippen molar-refractivity contribution in [1.82, 2.24) is 14.5 Å². The Kier molecular flexibility index (Phi) is 5.38. The van der Waals surface area contributed by atoms with E-state index in [1.54, 1.807) is 29.1 Å². The third-order valence-corrected chi connectivity index (χ3v) is 4.30. The van der Waals surface area contributed by atoms with E-state index >= 15 is 0 Å². The lowest BCUT2D eigenvalue weighted by atomic mass is 10.1. The minimum absolute atomic E-state index is 0.0908. The monoisotopic (exact) mass is 368 g/mol. The van der Waals surface area contributed by atoms with Crippen LogP contribution in [-0.2, 0) is 0 Å². The third kappa shape index (κ3) is 4.11. The fourth-order valence-electron chi connectivity index (χ4n) is 2.74. The number of benzene rings is 1. The minimum Gasteiger partial charge on any atom is -0.352 e. The quantitative estimate of drug-likeness (QED) is 0.725. The molecule has 6 heteroatoms. The number of anilines is 1. The van der Waals surface area contributed by atoms with Gasteiger partial charge in [-0.2, -0.15) is 0 Å². The van der Waals surface area contributed by atoms with E-state index < -0.39 is 0 Å². The van der Waals surface area contributed by atoms with Crippen LogP contribution in [-0.4, -0.2) is 20.6 Å². The van der Waals surface area contributed by atoms with Gasteiger partial charge in [-0.25, -0.2) is 9.97 Å². The van der Waals surface area contributed by atoms with Gasteiger partial charge < -0.3 is 9.88 Å². The van der Waals surface area contributed by atoms with E-state index in [4.69, 9.17) is 11.6 Å². The normalized spacial score (nSPS) is 12.2. The molecule has 26 heavy (non-hydrogen) atoms. The van der Waals surface area contributed by atoms with Gasteiger partial charge in [0.1, 0.15) is 0 Å². The number of nitrogens with zero attached hydrogens (tertiary/aromatic N) is 3. The summed E-state index contributed by atoms with van der Waals surface area (Å²) in [4.78, 5) is 21.3. The molecule has 2 aromatic heterocycles. The van der Waals surface area contributed by atoms with E-state index in [-0.39, 0.29) is 17.6 Å². The third-order valence-electron chi connectivity index (χ3n) is 4.07. The first-order valence-electron chi connectivity index (χ1n) is 8.51. The van der Waals surface area contributed by atoms with Crippen molar-refractivity contribution in [1.29, 1.82) is 0 Å². The molecule has 0 aliphatic heterocycles. The van der Waals surface area contributed by atoms with Gasteiger partial charge in [-0.3, -0.25) is 4.79 Å². The Labute approximate surface area is 157 Å². The molecule has 0 saturated carbocycles. The van der Waals surface area contributed by atoms with Crippen LogP contribution in [0.2, 0.25) is 5.02 Å². The Bertz CT molecular complexity index is 968. The van der Waals surface area contributed by atoms with E-state index in [9.17, 15) is 4.79 Å². The molecule has 5 nitrogen and oxygen atoms in total. The summed E-state index contributed by atoms with van der Waals surface area (Å²) in [5.41, 5.74) is 2.37. The molecule has 0 fully saturated rings. The predicted molar refractivity (Wildman–Crippen MR) is 106 cm³/mol. The molecule has 3 aromatic rings. The second-order valence-corrected chi connectivity index (χ2v) is 6.89. The van der Waals surface area contributed by atoms with Crippen LogP contribution in [0.5, 0.6) is 0 Å². The molecule has 2 heterocycles. The molecule has 0 spiro atoms. The number of aromatic nitrogens is 3. The summed E-state index contributed by atoms with van der Waals surface area (Å²) < 4.78 is 1.68. The van der Waals surface area contributed by atoms with E-state index in [1.807, 2.05) is 51.1 Å². The molecule has 0 bridgehead atoms. The van der Waals surface area contributed by atoms with Gasteiger partial charge in [0.15, 0.2) is 0 Å². The van der Waals surface area contributed by atoms with Gasteiger partial charge >= 0.3 is 0 Å². The van der Waals surface area contributed by atoms with Gasteiger partial charge in [-0.1, -0.05) is 23.7 Å². The first-order valence-corrected chi connectivity index (χ1v) is 8.89. The summed E-state index contributed by atoms with van der Waals surface area (Å²) in [5, 5.41) is 3.83. The van der Waals surface area contributed by atoms with Gasteiger partial charge in [0.05, 0.1) is 11.7 Å². The Morgan fingerprint density at radius 2 is 1.92 bits per heavy atom. The Morgan fingerprint density at radius 1 is 1.12 bits per heavy atom. The molecule has 0 amide bonds. The topological polar surface area (TPSA) is 59.8 Å². The van der Waals surface area contributed by atoms with Gasteiger partial charge in [0.25, 0.3) is 5.56 Å². The Hall–Kier alpha value is -2.66. The molecule has 1 unspecified atom stereocenters. The summed E-state index contributed by atoms with van der Waals surface area (Å²) in [5.74, 6) is 0.550. The fraction of sp³-hybridized carbons (Fsp3) is 0.250. The van der Waals surface area contributed by atoms with Gasteiger partial charge in [-0.15, -0.1) is 0 Å². The molecule has 0 saturated heterocycles. The number of hydrogen-bond acceptors (Lipinski definition) is 4. The molecule has 3 rings (SSSR count). The maximum absolute atomic E-state index is 12.6. The highest BCUT2D eigenvalue weighted by atomic mass is 35.5. The number of hydrogen-bond donors (Lipinski definition) is 1. The average Bonchev–Trinajstić information content (AvgIpc) is 2.61. The highest BCUT2D eigenvalue weighted by Crippen LogP contribution is 2.21. The number of halogens is 1. The molecule has 134 valence electrons. The first-order chi connectivity index (χ1) is 12.4. The van der Waals surface area contributed by atoms with Crippen LogP contribution in [0.15, 0.2) is 59.7 Å². The van der Waals surface area contributed by atoms with Crippen molar-refractivity contribution in [2.75, 3.05) is 5.32 Å². The highest BCUT2D eigenvalue weighted by Gasteiger charge is 2.11. The van der Waals surface area contributed by atoms with Crippen molar-refractivity contribution in [2.45, 2.75) is 32.9 Å². The second kappa shape index (κ2) is 7.70. The zero-order chi connectivity index (χ0) is 18.7. The van der Waals surface area contributed by atoms with Gasteiger partial charge in [-0.05, 0) is 50.6 Å². The Balaban J connectivity index is 1.92. The van der Waals surface area contributed by atoms with Crippen LogP contribution in [0, 0.1) is 0 Å². The van der Waals surface area contributed by atoms with Crippen molar-refractivity contribution in [3.63, 3.8) is 0 Å². The maximum Gasteiger partial charge on any atom is 0.251 e. The molecule has 1 aromatic carbocycles. The standard InChI is InChI=1S/C20H21ClN4O/c1-13(2)23-20-22-9-7-18(24-20)16-8-10-25(19(26)12-16)14(3)15-5-4-6-17(21)11-15/h4-14H,1-3H3,(H,22,23,24). The van der Waals surface area contributed by atoms with Crippen LogP contribution in [0.25, 0.3) is 11.3 Å². The fourth-order valence-corrected chi connectivity index (χ4v) is 2.94. The molecule has 1 atom stereocenters. The van der Waals surface area contributed by atoms with Crippen LogP contribution in [0.3, 0.4) is 0 Å². The molecule has 0 aliphatic rings. The van der Waals surface area contributed by atoms with Crippen molar-refractivity contribution in [3.8, 4) is 11.3 Å². The highest BCUT2D eigenvalue weighted by molar-refractivity contribution is 6.30. The summed E-state index contributed by atoms with van der Waals surface area (Å²) in [7, 11) is 0. The lowest BCUT2D eigenvalue weighted by molar-refractivity contribution is 0.615. The molecular weight excluding hydrogens is 348 g/mol. The van der Waals surface area contributed by atoms with Crippen molar-refractivity contribution >= 4 is 17.5 Å². The van der Waals surface area contributed by atoms with E-state index in [1.165, 1.54) is 0 Å². The molecule has 0 aliphatic carbocycles. The minimum atomic E-state index is -0.112. The van der Waals surface area contributed by atoms with Crippen LogP contribution < -0.4 is 10.9 Å². The summed E-state index contributed by atoms with van der Waals surface area (Å²) >= 11 is 6.06. The predicted octanol–water partition coefficient (Wildman–Crippen LogP) is 4.39. The average molecular weight is 369 g/mol. The summed E-state index contributed by atoms with van der Waals surface area (Å²) in [6, 6.07) is 13.0. The lowest BCUT2D eigenvalue weighted by Gasteiger charge is -2.16. The SMILES string of the molecule is CC(C)Nc1nccc(-c2ccn(C(C)c3cccc(Cl)c3)c(=O)c2)n1. The van der Waals surface area contributed by atoms with E-state index in [0.717, 1.165) is 11.1 Å². The van der Waals surface area contributed by atoms with Gasteiger partial charge in [0.2, 0.25) is 5.95 Å². The smallest absolute Gasteiger partial charge is 0.251 e. The summed E-state index contributed by atoms with van der Waals surface area (Å²) in [6.45, 7) is 6.02. The lowest BCUT2D eigenvalue weighted by Crippen LogP contribution is -2.22. The van der Waals surface area contributed by atoms with Gasteiger partial charge in [0, 0.05) is 35.1 Å². The molecular formula is C20H21ClN4O.